The Kier molecular flexibility index (Phi) is 5.94. The Labute approximate surface area is 159 Å². The van der Waals surface area contributed by atoms with Gasteiger partial charge in [-0.2, -0.15) is 0 Å². The Morgan fingerprint density at radius 3 is 2.42 bits per heavy atom. The van der Waals surface area contributed by atoms with Crippen molar-refractivity contribution in [3.63, 3.8) is 0 Å². The molecule has 5 heteroatoms. The summed E-state index contributed by atoms with van der Waals surface area (Å²) in [6.07, 6.45) is 2.24. The first-order valence-corrected chi connectivity index (χ1v) is 9.38. The van der Waals surface area contributed by atoms with Crippen molar-refractivity contribution in [3.05, 3.63) is 64.7 Å². The van der Waals surface area contributed by atoms with E-state index in [1.165, 1.54) is 5.56 Å². The van der Waals surface area contributed by atoms with Gasteiger partial charge in [0, 0.05) is 23.8 Å². The Morgan fingerprint density at radius 1 is 1.12 bits per heavy atom. The minimum absolute atomic E-state index is 0.113. The predicted molar refractivity (Wildman–Crippen MR) is 104 cm³/mol. The molecule has 0 aromatic heterocycles. The van der Waals surface area contributed by atoms with Crippen LogP contribution >= 0.6 is 11.6 Å². The second kappa shape index (κ2) is 8.37. The zero-order chi connectivity index (χ0) is 18.5. The van der Waals surface area contributed by atoms with Gasteiger partial charge >= 0.3 is 0 Å². The Hall–Kier alpha value is -2.33. The van der Waals surface area contributed by atoms with E-state index in [-0.39, 0.29) is 11.8 Å². The van der Waals surface area contributed by atoms with Crippen molar-refractivity contribution in [2.45, 2.75) is 26.2 Å². The Bertz CT molecular complexity index is 772. The van der Waals surface area contributed by atoms with E-state index in [0.29, 0.717) is 31.0 Å². The number of halogens is 1. The molecule has 2 aromatic rings. The average Bonchev–Trinajstić information content (AvgIpc) is 3.05. The molecule has 1 atom stereocenters. The van der Waals surface area contributed by atoms with Crippen LogP contribution in [0.25, 0.3) is 0 Å². The minimum Gasteiger partial charge on any atom is -0.355 e. The molecule has 2 aromatic carbocycles. The molecule has 136 valence electrons. The van der Waals surface area contributed by atoms with Gasteiger partial charge in [0.25, 0.3) is 0 Å². The summed E-state index contributed by atoms with van der Waals surface area (Å²) in [6.45, 7) is 3.19. The topological polar surface area (TPSA) is 49.4 Å². The van der Waals surface area contributed by atoms with E-state index in [1.807, 2.05) is 48.5 Å². The third-order valence-corrected chi connectivity index (χ3v) is 5.06. The molecule has 0 aliphatic carbocycles. The van der Waals surface area contributed by atoms with Crippen LogP contribution in [0, 0.1) is 5.92 Å². The fourth-order valence-corrected chi connectivity index (χ4v) is 3.32. The highest BCUT2D eigenvalue weighted by atomic mass is 35.5. The van der Waals surface area contributed by atoms with Gasteiger partial charge in [-0.25, -0.2) is 0 Å². The number of rotatable bonds is 6. The molecule has 0 bridgehead atoms. The van der Waals surface area contributed by atoms with Gasteiger partial charge in [-0.3, -0.25) is 9.59 Å². The van der Waals surface area contributed by atoms with Crippen LogP contribution in [0.15, 0.2) is 48.5 Å². The number of amides is 2. The van der Waals surface area contributed by atoms with Crippen LogP contribution in [-0.4, -0.2) is 24.9 Å². The maximum absolute atomic E-state index is 12.6. The molecule has 1 aliphatic heterocycles. The zero-order valence-corrected chi connectivity index (χ0v) is 15.6. The van der Waals surface area contributed by atoms with Crippen LogP contribution in [0.1, 0.15) is 24.5 Å². The van der Waals surface area contributed by atoms with Crippen molar-refractivity contribution < 1.29 is 9.59 Å². The lowest BCUT2D eigenvalue weighted by Gasteiger charge is -2.17. The number of benzene rings is 2. The number of nitrogens with one attached hydrogen (secondary N) is 1. The summed E-state index contributed by atoms with van der Waals surface area (Å²) in [5.74, 6) is -0.888. The van der Waals surface area contributed by atoms with Gasteiger partial charge < -0.3 is 10.2 Å². The van der Waals surface area contributed by atoms with Gasteiger partial charge in [0.2, 0.25) is 11.8 Å². The highest BCUT2D eigenvalue weighted by Gasteiger charge is 2.37. The van der Waals surface area contributed by atoms with Crippen molar-refractivity contribution in [2.24, 2.45) is 5.92 Å². The molecule has 0 unspecified atom stereocenters. The minimum atomic E-state index is -0.592. The number of carbonyl (C=O) groups excluding carboxylic acids is 2. The lowest BCUT2D eigenvalue weighted by molar-refractivity contribution is -0.132. The Balaban J connectivity index is 1.53. The molecule has 1 fully saturated rings. The van der Waals surface area contributed by atoms with Crippen LogP contribution in [0.4, 0.5) is 5.69 Å². The average molecular weight is 371 g/mol. The van der Waals surface area contributed by atoms with Crippen LogP contribution in [0.5, 0.6) is 0 Å². The van der Waals surface area contributed by atoms with Crippen molar-refractivity contribution in [3.8, 4) is 0 Å². The van der Waals surface area contributed by atoms with Crippen molar-refractivity contribution in [2.75, 3.05) is 18.0 Å². The molecule has 1 aliphatic rings. The van der Waals surface area contributed by atoms with E-state index >= 15 is 0 Å². The molecule has 3 rings (SSSR count). The highest BCUT2D eigenvalue weighted by Crippen LogP contribution is 2.25. The molecule has 4 nitrogen and oxygen atoms in total. The number of nitrogens with zero attached hydrogens (tertiary/aromatic N) is 1. The highest BCUT2D eigenvalue weighted by molar-refractivity contribution is 6.30. The number of anilines is 1. The summed E-state index contributed by atoms with van der Waals surface area (Å²) in [5, 5.41) is 3.58. The summed E-state index contributed by atoms with van der Waals surface area (Å²) in [7, 11) is 0. The number of hydrogen-bond donors (Lipinski definition) is 1. The SMILES string of the molecule is CCc1ccc(N2CC[C@H](C(=O)NCCc3ccc(Cl)cc3)C2=O)cc1. The fourth-order valence-electron chi connectivity index (χ4n) is 3.20. The molecular weight excluding hydrogens is 348 g/mol. The van der Waals surface area contributed by atoms with Crippen LogP contribution in [0.2, 0.25) is 5.02 Å². The predicted octanol–water partition coefficient (Wildman–Crippen LogP) is 3.61. The summed E-state index contributed by atoms with van der Waals surface area (Å²) in [4.78, 5) is 26.7. The second-order valence-corrected chi connectivity index (χ2v) is 6.96. The molecule has 26 heavy (non-hydrogen) atoms. The van der Waals surface area contributed by atoms with Crippen molar-refractivity contribution >= 4 is 29.1 Å². The van der Waals surface area contributed by atoms with Gasteiger partial charge in [-0.1, -0.05) is 42.8 Å². The second-order valence-electron chi connectivity index (χ2n) is 6.52. The summed E-state index contributed by atoms with van der Waals surface area (Å²) >= 11 is 5.87. The molecule has 0 saturated carbocycles. The van der Waals surface area contributed by atoms with Gasteiger partial charge in [-0.15, -0.1) is 0 Å². The Morgan fingerprint density at radius 2 is 1.77 bits per heavy atom. The number of carbonyl (C=O) groups is 2. The third kappa shape index (κ3) is 4.25. The van der Waals surface area contributed by atoms with E-state index in [9.17, 15) is 9.59 Å². The smallest absolute Gasteiger partial charge is 0.239 e. The largest absolute Gasteiger partial charge is 0.355 e. The van der Waals surface area contributed by atoms with E-state index in [2.05, 4.69) is 12.2 Å². The first kappa shape index (κ1) is 18.5. The molecule has 1 N–H and O–H groups in total. The maximum atomic E-state index is 12.6. The van der Waals surface area contributed by atoms with E-state index in [1.54, 1.807) is 4.90 Å². The van der Waals surface area contributed by atoms with Crippen molar-refractivity contribution in [1.82, 2.24) is 5.32 Å². The molecule has 1 heterocycles. The van der Waals surface area contributed by atoms with E-state index in [4.69, 9.17) is 11.6 Å². The quantitative estimate of drug-likeness (QED) is 0.789. The van der Waals surface area contributed by atoms with Gasteiger partial charge in [0.05, 0.1) is 0 Å². The lowest BCUT2D eigenvalue weighted by Crippen LogP contribution is -2.37. The van der Waals surface area contributed by atoms with E-state index in [0.717, 1.165) is 17.7 Å². The van der Waals surface area contributed by atoms with Crippen LogP contribution < -0.4 is 10.2 Å². The number of aryl methyl sites for hydroxylation is 1. The molecular formula is C21H23ClN2O2. The van der Waals surface area contributed by atoms with Crippen molar-refractivity contribution in [1.29, 1.82) is 0 Å². The van der Waals surface area contributed by atoms with Gasteiger partial charge in [0.1, 0.15) is 5.92 Å². The van der Waals surface area contributed by atoms with Crippen LogP contribution in [-0.2, 0) is 22.4 Å². The fraction of sp³-hybridized carbons (Fsp3) is 0.333. The monoisotopic (exact) mass is 370 g/mol. The third-order valence-electron chi connectivity index (χ3n) is 4.80. The zero-order valence-electron chi connectivity index (χ0n) is 14.9. The number of hydrogen-bond acceptors (Lipinski definition) is 2. The molecule has 0 spiro atoms. The molecule has 2 amide bonds. The molecule has 1 saturated heterocycles. The normalized spacial score (nSPS) is 16.8. The first-order chi connectivity index (χ1) is 12.6. The van der Waals surface area contributed by atoms with Crippen LogP contribution in [0.3, 0.4) is 0 Å². The summed E-state index contributed by atoms with van der Waals surface area (Å²) in [6, 6.07) is 15.5. The van der Waals surface area contributed by atoms with Gasteiger partial charge in [-0.05, 0) is 54.7 Å². The summed E-state index contributed by atoms with van der Waals surface area (Å²) < 4.78 is 0. The summed E-state index contributed by atoms with van der Waals surface area (Å²) in [5.41, 5.74) is 3.20. The molecule has 0 radical (unpaired) electrons. The first-order valence-electron chi connectivity index (χ1n) is 9.01. The standard InChI is InChI=1S/C21H23ClN2O2/c1-2-15-5-9-18(10-6-15)24-14-12-19(21(24)26)20(25)23-13-11-16-3-7-17(22)8-4-16/h3-10,19H,2,11-14H2,1H3,(H,23,25)/t19-/m1/s1. The van der Waals surface area contributed by atoms with Gasteiger partial charge in [0.15, 0.2) is 0 Å². The lowest BCUT2D eigenvalue weighted by atomic mass is 10.1. The maximum Gasteiger partial charge on any atom is 0.239 e. The van der Waals surface area contributed by atoms with E-state index < -0.39 is 5.92 Å².